The summed E-state index contributed by atoms with van der Waals surface area (Å²) in [4.78, 5) is 2.36. The third-order valence-electron chi connectivity index (χ3n) is 3.13. The molecule has 0 radical (unpaired) electrons. The van der Waals surface area contributed by atoms with Gasteiger partial charge in [0.2, 0.25) is 0 Å². The highest BCUT2D eigenvalue weighted by Gasteiger charge is 2.17. The molecule has 1 heterocycles. The summed E-state index contributed by atoms with van der Waals surface area (Å²) in [6.45, 7) is 6.26. The number of hydrogen-bond donors (Lipinski definition) is 0. The second-order valence-corrected chi connectivity index (χ2v) is 4.46. The van der Waals surface area contributed by atoms with Crippen LogP contribution in [0.5, 0.6) is 0 Å². The Labute approximate surface area is 110 Å². The smallest absolute Gasteiger partial charge is 0.0701 e. The maximum absolute atomic E-state index is 8.80. The van der Waals surface area contributed by atoms with Gasteiger partial charge in [0, 0.05) is 19.6 Å². The lowest BCUT2D eigenvalue weighted by molar-refractivity contribution is 0.0178. The Morgan fingerprint density at radius 3 is 2.28 bits per heavy atom. The molecule has 18 heavy (non-hydrogen) atoms. The molecule has 0 aliphatic carbocycles. The molecule has 1 aliphatic rings. The lowest BCUT2D eigenvalue weighted by Crippen LogP contribution is -2.35. The van der Waals surface area contributed by atoms with Gasteiger partial charge in [0.1, 0.15) is 0 Å². The van der Waals surface area contributed by atoms with Crippen molar-refractivity contribution in [3.8, 4) is 6.07 Å². The van der Waals surface area contributed by atoms with E-state index in [1.807, 2.05) is 0 Å². The van der Waals surface area contributed by atoms with E-state index in [1.54, 1.807) is 7.11 Å². The van der Waals surface area contributed by atoms with E-state index in [4.69, 9.17) is 19.5 Å². The van der Waals surface area contributed by atoms with Crippen LogP contribution in [0.25, 0.3) is 0 Å². The molecule has 5 nitrogen and oxygen atoms in total. The van der Waals surface area contributed by atoms with Crippen molar-refractivity contribution >= 4 is 0 Å². The van der Waals surface area contributed by atoms with Gasteiger partial charge in [-0.05, 0) is 25.9 Å². The average molecular weight is 256 g/mol. The van der Waals surface area contributed by atoms with Gasteiger partial charge >= 0.3 is 0 Å². The first-order valence-electron chi connectivity index (χ1n) is 6.63. The van der Waals surface area contributed by atoms with E-state index in [1.165, 1.54) is 0 Å². The maximum atomic E-state index is 8.80. The average Bonchev–Trinajstić information content (AvgIpc) is 2.42. The molecule has 0 amide bonds. The second kappa shape index (κ2) is 10.3. The van der Waals surface area contributed by atoms with Gasteiger partial charge in [-0.2, -0.15) is 5.26 Å². The van der Waals surface area contributed by atoms with E-state index in [-0.39, 0.29) is 5.92 Å². The quantitative estimate of drug-likeness (QED) is 0.574. The van der Waals surface area contributed by atoms with Crippen LogP contribution in [0.1, 0.15) is 12.8 Å². The zero-order valence-corrected chi connectivity index (χ0v) is 11.3. The van der Waals surface area contributed by atoms with E-state index in [9.17, 15) is 0 Å². The number of rotatable bonds is 9. The minimum Gasteiger partial charge on any atom is -0.382 e. The predicted molar refractivity (Wildman–Crippen MR) is 68.3 cm³/mol. The second-order valence-electron chi connectivity index (χ2n) is 4.46. The molecule has 0 spiro atoms. The van der Waals surface area contributed by atoms with Crippen molar-refractivity contribution in [1.29, 1.82) is 5.26 Å². The SMILES string of the molecule is COCCOCCOCCN1CCC(C#N)CC1. The van der Waals surface area contributed by atoms with Crippen LogP contribution in [0, 0.1) is 17.2 Å². The van der Waals surface area contributed by atoms with Gasteiger partial charge in [-0.15, -0.1) is 0 Å². The number of piperidine rings is 1. The largest absolute Gasteiger partial charge is 0.382 e. The van der Waals surface area contributed by atoms with Crippen LogP contribution in [0.4, 0.5) is 0 Å². The standard InChI is InChI=1S/C13H24N2O3/c1-16-8-9-18-11-10-17-7-6-15-4-2-13(12-14)3-5-15/h13H,2-11H2,1H3. The predicted octanol–water partition coefficient (Wildman–Crippen LogP) is 0.902. The Morgan fingerprint density at radius 2 is 1.67 bits per heavy atom. The third-order valence-corrected chi connectivity index (χ3v) is 3.13. The first-order chi connectivity index (χ1) is 8.86. The fraction of sp³-hybridized carbons (Fsp3) is 0.923. The van der Waals surface area contributed by atoms with Crippen molar-refractivity contribution in [3.63, 3.8) is 0 Å². The molecule has 1 rings (SSSR count). The van der Waals surface area contributed by atoms with E-state index in [0.29, 0.717) is 26.4 Å². The minimum absolute atomic E-state index is 0.261. The highest BCUT2D eigenvalue weighted by atomic mass is 16.5. The maximum Gasteiger partial charge on any atom is 0.0701 e. The fourth-order valence-electron chi connectivity index (χ4n) is 1.94. The van der Waals surface area contributed by atoms with Crippen LogP contribution in [0.3, 0.4) is 0 Å². The van der Waals surface area contributed by atoms with Gasteiger partial charge < -0.3 is 19.1 Å². The van der Waals surface area contributed by atoms with Gasteiger partial charge in [0.25, 0.3) is 0 Å². The lowest BCUT2D eigenvalue weighted by atomic mass is 9.99. The van der Waals surface area contributed by atoms with Gasteiger partial charge in [0.05, 0.1) is 39.1 Å². The summed E-state index contributed by atoms with van der Waals surface area (Å²) in [5.74, 6) is 0.261. The van der Waals surface area contributed by atoms with Gasteiger partial charge in [-0.3, -0.25) is 0 Å². The molecule has 1 saturated heterocycles. The molecule has 0 N–H and O–H groups in total. The zero-order valence-electron chi connectivity index (χ0n) is 11.3. The minimum atomic E-state index is 0.261. The van der Waals surface area contributed by atoms with Gasteiger partial charge in [0.15, 0.2) is 0 Å². The fourth-order valence-corrected chi connectivity index (χ4v) is 1.94. The van der Waals surface area contributed by atoms with E-state index < -0.39 is 0 Å². The molecule has 0 aromatic heterocycles. The number of hydrogen-bond acceptors (Lipinski definition) is 5. The topological polar surface area (TPSA) is 54.7 Å². The normalized spacial score (nSPS) is 17.8. The number of methoxy groups -OCH3 is 1. The summed E-state index contributed by atoms with van der Waals surface area (Å²) in [7, 11) is 1.66. The summed E-state index contributed by atoms with van der Waals surface area (Å²) in [5.41, 5.74) is 0. The summed E-state index contributed by atoms with van der Waals surface area (Å²) in [5, 5.41) is 8.80. The van der Waals surface area contributed by atoms with Crippen LogP contribution >= 0.6 is 0 Å². The van der Waals surface area contributed by atoms with Crippen molar-refractivity contribution in [2.75, 3.05) is 59.8 Å². The number of likely N-dealkylation sites (tertiary alicyclic amines) is 1. The first kappa shape index (κ1) is 15.4. The Kier molecular flexibility index (Phi) is 8.78. The Hall–Kier alpha value is -0.670. The van der Waals surface area contributed by atoms with Crippen LogP contribution in [-0.4, -0.2) is 64.7 Å². The van der Waals surface area contributed by atoms with Crippen LogP contribution in [0.15, 0.2) is 0 Å². The van der Waals surface area contributed by atoms with Gasteiger partial charge in [-0.25, -0.2) is 0 Å². The number of nitrogens with zero attached hydrogens (tertiary/aromatic N) is 2. The van der Waals surface area contributed by atoms with Crippen molar-refractivity contribution < 1.29 is 14.2 Å². The Bertz CT molecular complexity index is 235. The molecule has 5 heteroatoms. The number of ether oxygens (including phenoxy) is 3. The molecule has 0 bridgehead atoms. The van der Waals surface area contributed by atoms with E-state index >= 15 is 0 Å². The lowest BCUT2D eigenvalue weighted by Gasteiger charge is -2.28. The van der Waals surface area contributed by atoms with E-state index in [0.717, 1.165) is 39.1 Å². The molecular weight excluding hydrogens is 232 g/mol. The van der Waals surface area contributed by atoms with Crippen LogP contribution in [0.2, 0.25) is 0 Å². The molecular formula is C13H24N2O3. The van der Waals surface area contributed by atoms with E-state index in [2.05, 4.69) is 11.0 Å². The summed E-state index contributed by atoms with van der Waals surface area (Å²) < 4.78 is 15.7. The molecule has 0 aromatic rings. The molecule has 0 saturated carbocycles. The third kappa shape index (κ3) is 6.92. The monoisotopic (exact) mass is 256 g/mol. The zero-order chi connectivity index (χ0) is 13.1. The highest BCUT2D eigenvalue weighted by molar-refractivity contribution is 4.87. The van der Waals surface area contributed by atoms with Gasteiger partial charge in [-0.1, -0.05) is 0 Å². The summed E-state index contributed by atoms with van der Waals surface area (Å²) >= 11 is 0. The molecule has 1 aliphatic heterocycles. The van der Waals surface area contributed by atoms with Crippen molar-refractivity contribution in [1.82, 2.24) is 4.90 Å². The highest BCUT2D eigenvalue weighted by Crippen LogP contribution is 2.15. The molecule has 1 fully saturated rings. The van der Waals surface area contributed by atoms with Crippen LogP contribution < -0.4 is 0 Å². The van der Waals surface area contributed by atoms with Crippen LogP contribution in [-0.2, 0) is 14.2 Å². The first-order valence-corrected chi connectivity index (χ1v) is 6.63. The van der Waals surface area contributed by atoms with Crippen molar-refractivity contribution in [2.24, 2.45) is 5.92 Å². The summed E-state index contributed by atoms with van der Waals surface area (Å²) in [6, 6.07) is 2.34. The number of nitriles is 1. The summed E-state index contributed by atoms with van der Waals surface area (Å²) in [6.07, 6.45) is 1.99. The Morgan fingerprint density at radius 1 is 1.06 bits per heavy atom. The molecule has 0 atom stereocenters. The molecule has 0 aromatic carbocycles. The molecule has 0 unspecified atom stereocenters. The van der Waals surface area contributed by atoms with Crippen molar-refractivity contribution in [2.45, 2.75) is 12.8 Å². The van der Waals surface area contributed by atoms with Crippen molar-refractivity contribution in [3.05, 3.63) is 0 Å². The molecule has 104 valence electrons. The Balaban J connectivity index is 1.85.